The average Bonchev–Trinajstić information content (AvgIpc) is 2.89. The summed E-state index contributed by atoms with van der Waals surface area (Å²) < 4.78 is 6.89. The Morgan fingerprint density at radius 3 is 2.65 bits per heavy atom. The van der Waals surface area contributed by atoms with E-state index in [1.807, 2.05) is 6.92 Å². The molecular weight excluding hydrogens is 314 g/mol. The lowest BCUT2D eigenvalue weighted by Crippen LogP contribution is -2.22. The summed E-state index contributed by atoms with van der Waals surface area (Å²) in [4.78, 5) is 0. The predicted molar refractivity (Wildman–Crippen MR) is 88.2 cm³/mol. The van der Waals surface area contributed by atoms with E-state index in [1.54, 1.807) is 0 Å². The van der Waals surface area contributed by atoms with E-state index in [0.717, 1.165) is 29.8 Å². The fraction of sp³-hybridized carbons (Fsp3) is 0.647. The molecule has 112 valence electrons. The number of hydrogen-bond acceptors (Lipinski definition) is 2. The smallest absolute Gasteiger partial charge is 0.122 e. The van der Waals surface area contributed by atoms with Gasteiger partial charge in [0.1, 0.15) is 5.75 Å². The van der Waals surface area contributed by atoms with Gasteiger partial charge in [-0.25, -0.2) is 0 Å². The van der Waals surface area contributed by atoms with Crippen molar-refractivity contribution in [2.75, 3.05) is 13.2 Å². The first kappa shape index (κ1) is 15.8. The van der Waals surface area contributed by atoms with E-state index in [0.29, 0.717) is 5.41 Å². The minimum atomic E-state index is 0.487. The summed E-state index contributed by atoms with van der Waals surface area (Å²) in [7, 11) is 0. The number of halogens is 1. The van der Waals surface area contributed by atoms with Gasteiger partial charge in [0.15, 0.2) is 0 Å². The van der Waals surface area contributed by atoms with E-state index < -0.39 is 0 Å². The van der Waals surface area contributed by atoms with Gasteiger partial charge in [0.2, 0.25) is 0 Å². The normalized spacial score (nSPS) is 17.4. The lowest BCUT2D eigenvalue weighted by atomic mass is 9.77. The van der Waals surface area contributed by atoms with Crippen LogP contribution in [0.25, 0.3) is 0 Å². The molecule has 0 spiro atoms. The molecule has 1 fully saturated rings. The van der Waals surface area contributed by atoms with Crippen molar-refractivity contribution in [2.45, 2.75) is 51.9 Å². The van der Waals surface area contributed by atoms with Gasteiger partial charge in [-0.15, -0.1) is 0 Å². The summed E-state index contributed by atoms with van der Waals surface area (Å²) in [5, 5.41) is 0. The number of nitrogens with two attached hydrogens (primary N) is 1. The van der Waals surface area contributed by atoms with E-state index >= 15 is 0 Å². The molecular formula is C17H26BrNO. The molecule has 1 aromatic rings. The van der Waals surface area contributed by atoms with Crippen molar-refractivity contribution in [2.24, 2.45) is 11.1 Å². The zero-order valence-electron chi connectivity index (χ0n) is 12.5. The maximum atomic E-state index is 5.83. The van der Waals surface area contributed by atoms with Crippen molar-refractivity contribution < 1.29 is 4.74 Å². The molecule has 3 heteroatoms. The average molecular weight is 340 g/mol. The molecule has 2 nitrogen and oxygen atoms in total. The highest BCUT2D eigenvalue weighted by atomic mass is 79.9. The van der Waals surface area contributed by atoms with Crippen LogP contribution >= 0.6 is 15.9 Å². The standard InChI is InChI=1S/C17H26BrNO/c1-2-20-16-6-5-15(18)13-14(16)7-10-17(11-12-19)8-3-4-9-17/h5-6,13H,2-4,7-12,19H2,1H3. The third-order valence-corrected chi connectivity index (χ3v) is 5.08. The molecule has 0 aliphatic heterocycles. The van der Waals surface area contributed by atoms with Gasteiger partial charge in [-0.05, 0) is 74.8 Å². The molecule has 0 unspecified atom stereocenters. The maximum Gasteiger partial charge on any atom is 0.122 e. The second-order valence-corrected chi connectivity index (χ2v) is 6.85. The molecule has 0 saturated heterocycles. The maximum absolute atomic E-state index is 5.83. The minimum Gasteiger partial charge on any atom is -0.494 e. The highest BCUT2D eigenvalue weighted by molar-refractivity contribution is 9.10. The molecule has 0 radical (unpaired) electrons. The molecule has 0 aromatic heterocycles. The summed E-state index contributed by atoms with van der Waals surface area (Å²) in [5.41, 5.74) is 7.64. The van der Waals surface area contributed by atoms with Gasteiger partial charge in [-0.1, -0.05) is 28.8 Å². The van der Waals surface area contributed by atoms with Crippen molar-refractivity contribution >= 4 is 15.9 Å². The molecule has 0 amide bonds. The summed E-state index contributed by atoms with van der Waals surface area (Å²) in [6.45, 7) is 3.58. The second-order valence-electron chi connectivity index (χ2n) is 5.93. The van der Waals surface area contributed by atoms with Crippen molar-refractivity contribution in [3.8, 4) is 5.75 Å². The Morgan fingerprint density at radius 1 is 1.25 bits per heavy atom. The molecule has 0 bridgehead atoms. The molecule has 1 aliphatic rings. The van der Waals surface area contributed by atoms with Gasteiger partial charge in [0, 0.05) is 4.47 Å². The molecule has 1 aromatic carbocycles. The molecule has 20 heavy (non-hydrogen) atoms. The first-order valence-electron chi connectivity index (χ1n) is 7.80. The largest absolute Gasteiger partial charge is 0.494 e. The highest BCUT2D eigenvalue weighted by Gasteiger charge is 2.32. The van der Waals surface area contributed by atoms with Gasteiger partial charge in [-0.2, -0.15) is 0 Å². The third kappa shape index (κ3) is 3.98. The number of benzene rings is 1. The Hall–Kier alpha value is -0.540. The van der Waals surface area contributed by atoms with Crippen molar-refractivity contribution in [1.82, 2.24) is 0 Å². The summed E-state index contributed by atoms with van der Waals surface area (Å²) in [6.07, 6.45) is 8.94. The molecule has 1 aliphatic carbocycles. The van der Waals surface area contributed by atoms with Crippen LogP contribution in [-0.4, -0.2) is 13.2 Å². The van der Waals surface area contributed by atoms with Crippen LogP contribution in [0, 0.1) is 5.41 Å². The highest BCUT2D eigenvalue weighted by Crippen LogP contribution is 2.45. The van der Waals surface area contributed by atoms with Gasteiger partial charge in [0.25, 0.3) is 0 Å². The van der Waals surface area contributed by atoms with Gasteiger partial charge in [-0.3, -0.25) is 0 Å². The van der Waals surface area contributed by atoms with E-state index in [2.05, 4.69) is 34.1 Å². The van der Waals surface area contributed by atoms with Crippen molar-refractivity contribution in [1.29, 1.82) is 0 Å². The third-order valence-electron chi connectivity index (χ3n) is 4.59. The Bertz CT molecular complexity index is 427. The quantitative estimate of drug-likeness (QED) is 0.781. The molecule has 0 heterocycles. The van der Waals surface area contributed by atoms with Crippen LogP contribution in [0.15, 0.2) is 22.7 Å². The van der Waals surface area contributed by atoms with E-state index in [-0.39, 0.29) is 0 Å². The van der Waals surface area contributed by atoms with Crippen molar-refractivity contribution in [3.05, 3.63) is 28.2 Å². The van der Waals surface area contributed by atoms with Crippen molar-refractivity contribution in [3.63, 3.8) is 0 Å². The summed E-state index contributed by atoms with van der Waals surface area (Å²) in [6, 6.07) is 6.34. The van der Waals surface area contributed by atoms with Crippen LogP contribution in [0.3, 0.4) is 0 Å². The predicted octanol–water partition coefficient (Wildman–Crippen LogP) is 4.69. The first-order valence-corrected chi connectivity index (χ1v) is 8.60. The van der Waals surface area contributed by atoms with Gasteiger partial charge < -0.3 is 10.5 Å². The Labute approximate surface area is 131 Å². The number of hydrogen-bond donors (Lipinski definition) is 1. The van der Waals surface area contributed by atoms with E-state index in [4.69, 9.17) is 10.5 Å². The monoisotopic (exact) mass is 339 g/mol. The van der Waals surface area contributed by atoms with Crippen LogP contribution in [0.2, 0.25) is 0 Å². The van der Waals surface area contributed by atoms with Gasteiger partial charge >= 0.3 is 0 Å². The molecule has 0 atom stereocenters. The lowest BCUT2D eigenvalue weighted by Gasteiger charge is -2.29. The second kappa shape index (κ2) is 7.46. The van der Waals surface area contributed by atoms with Crippen LogP contribution in [0.4, 0.5) is 0 Å². The fourth-order valence-electron chi connectivity index (χ4n) is 3.50. The van der Waals surface area contributed by atoms with Crippen LogP contribution in [0.5, 0.6) is 5.75 Å². The fourth-order valence-corrected chi connectivity index (χ4v) is 3.90. The molecule has 1 saturated carbocycles. The summed E-state index contributed by atoms with van der Waals surface area (Å²) >= 11 is 3.57. The van der Waals surface area contributed by atoms with Crippen LogP contribution < -0.4 is 10.5 Å². The molecule has 2 rings (SSSR count). The lowest BCUT2D eigenvalue weighted by molar-refractivity contribution is 0.251. The number of rotatable bonds is 7. The van der Waals surface area contributed by atoms with Crippen LogP contribution in [-0.2, 0) is 6.42 Å². The first-order chi connectivity index (χ1) is 9.69. The van der Waals surface area contributed by atoms with Gasteiger partial charge in [0.05, 0.1) is 6.61 Å². The van der Waals surface area contributed by atoms with E-state index in [1.165, 1.54) is 44.1 Å². The Morgan fingerprint density at radius 2 is 2.00 bits per heavy atom. The SMILES string of the molecule is CCOc1ccc(Br)cc1CCC1(CCN)CCCC1. The zero-order chi connectivity index (χ0) is 14.4. The molecule has 2 N–H and O–H groups in total. The Balaban J connectivity index is 2.07. The number of ether oxygens (including phenoxy) is 1. The van der Waals surface area contributed by atoms with E-state index in [9.17, 15) is 0 Å². The van der Waals surface area contributed by atoms with Crippen LogP contribution in [0.1, 0.15) is 51.0 Å². The topological polar surface area (TPSA) is 35.2 Å². The minimum absolute atomic E-state index is 0.487. The number of aryl methyl sites for hydroxylation is 1. The summed E-state index contributed by atoms with van der Waals surface area (Å²) in [5.74, 6) is 1.04. The zero-order valence-corrected chi connectivity index (χ0v) is 14.0. The Kier molecular flexibility index (Phi) is 5.91.